The molecule has 0 aliphatic rings. The van der Waals surface area contributed by atoms with Crippen LogP contribution in [-0.4, -0.2) is 13.6 Å². The fourth-order valence-electron chi connectivity index (χ4n) is 2.32. The molecule has 114 valence electrons. The minimum atomic E-state index is 0.387. The van der Waals surface area contributed by atoms with E-state index >= 15 is 0 Å². The van der Waals surface area contributed by atoms with Gasteiger partial charge in [0.15, 0.2) is 0 Å². The fourth-order valence-corrected chi connectivity index (χ4v) is 3.68. The third-order valence-corrected chi connectivity index (χ3v) is 4.95. The molecular formula is C17H23BrN2S. The Morgan fingerprint density at radius 1 is 1.33 bits per heavy atom. The zero-order valence-electron chi connectivity index (χ0n) is 12.9. The van der Waals surface area contributed by atoms with Crippen molar-refractivity contribution < 1.29 is 0 Å². The van der Waals surface area contributed by atoms with E-state index in [1.54, 1.807) is 11.3 Å². The van der Waals surface area contributed by atoms with Crippen LogP contribution in [0.2, 0.25) is 0 Å². The molecule has 0 aliphatic heterocycles. The minimum absolute atomic E-state index is 0.387. The van der Waals surface area contributed by atoms with E-state index in [0.717, 1.165) is 24.0 Å². The van der Waals surface area contributed by atoms with Gasteiger partial charge in [-0.1, -0.05) is 13.0 Å². The van der Waals surface area contributed by atoms with E-state index in [9.17, 15) is 0 Å². The number of anilines is 1. The maximum atomic E-state index is 3.72. The second kappa shape index (κ2) is 7.97. The number of nitrogens with zero attached hydrogens (tertiary/aromatic N) is 1. The molecule has 0 saturated carbocycles. The average molecular weight is 367 g/mol. The first-order chi connectivity index (χ1) is 10.1. The van der Waals surface area contributed by atoms with Crippen LogP contribution in [-0.2, 0) is 6.54 Å². The van der Waals surface area contributed by atoms with E-state index in [1.807, 2.05) is 0 Å². The highest BCUT2D eigenvalue weighted by Gasteiger charge is 2.10. The molecule has 1 heterocycles. The molecule has 0 bridgehead atoms. The van der Waals surface area contributed by atoms with Crippen molar-refractivity contribution in [2.45, 2.75) is 32.9 Å². The summed E-state index contributed by atoms with van der Waals surface area (Å²) in [6.45, 7) is 6.40. The first-order valence-corrected chi connectivity index (χ1v) is 9.10. The summed E-state index contributed by atoms with van der Waals surface area (Å²) in [6, 6.07) is 9.22. The lowest BCUT2D eigenvalue weighted by Gasteiger charge is -2.22. The van der Waals surface area contributed by atoms with Gasteiger partial charge in [-0.05, 0) is 75.9 Å². The number of rotatable bonds is 7. The number of nitrogens with one attached hydrogen (secondary N) is 1. The van der Waals surface area contributed by atoms with Gasteiger partial charge < -0.3 is 10.2 Å². The Kier molecular flexibility index (Phi) is 6.27. The van der Waals surface area contributed by atoms with E-state index in [0.29, 0.717) is 6.04 Å². The largest absolute Gasteiger partial charge is 0.369 e. The van der Waals surface area contributed by atoms with Gasteiger partial charge in [0.05, 0.1) is 5.69 Å². The van der Waals surface area contributed by atoms with E-state index < -0.39 is 0 Å². The molecule has 0 radical (unpaired) electrons. The third kappa shape index (κ3) is 4.56. The molecule has 2 nitrogen and oxygen atoms in total. The summed E-state index contributed by atoms with van der Waals surface area (Å²) in [7, 11) is 2.14. The molecule has 1 unspecified atom stereocenters. The molecule has 1 atom stereocenters. The van der Waals surface area contributed by atoms with Crippen molar-refractivity contribution in [2.75, 3.05) is 18.5 Å². The van der Waals surface area contributed by atoms with Crippen LogP contribution < -0.4 is 10.2 Å². The van der Waals surface area contributed by atoms with Crippen molar-refractivity contribution in [1.82, 2.24) is 5.32 Å². The monoisotopic (exact) mass is 366 g/mol. The Morgan fingerprint density at radius 3 is 2.76 bits per heavy atom. The third-order valence-electron chi connectivity index (χ3n) is 3.58. The molecule has 0 spiro atoms. The van der Waals surface area contributed by atoms with Crippen molar-refractivity contribution >= 4 is 33.0 Å². The number of benzene rings is 1. The lowest BCUT2D eigenvalue weighted by atomic mass is 10.1. The normalized spacial score (nSPS) is 12.4. The molecule has 4 heteroatoms. The minimum Gasteiger partial charge on any atom is -0.369 e. The van der Waals surface area contributed by atoms with Crippen molar-refractivity contribution in [1.29, 1.82) is 0 Å². The number of hydrogen-bond acceptors (Lipinski definition) is 3. The van der Waals surface area contributed by atoms with E-state index in [4.69, 9.17) is 0 Å². The first kappa shape index (κ1) is 16.5. The second-order valence-electron chi connectivity index (χ2n) is 5.37. The standard InChI is InChI=1S/C17H23BrN2S/c1-4-8-19-13(2)15-5-6-17(16(18)10-15)20(3)11-14-7-9-21-12-14/h5-7,9-10,12-13,19H,4,8,11H2,1-3H3. The molecule has 0 amide bonds. The topological polar surface area (TPSA) is 15.3 Å². The average Bonchev–Trinajstić information content (AvgIpc) is 2.97. The van der Waals surface area contributed by atoms with Crippen LogP contribution in [0.15, 0.2) is 39.5 Å². The van der Waals surface area contributed by atoms with Crippen LogP contribution in [0.4, 0.5) is 5.69 Å². The summed E-state index contributed by atoms with van der Waals surface area (Å²) in [5.74, 6) is 0. The van der Waals surface area contributed by atoms with Crippen LogP contribution in [0.1, 0.15) is 37.4 Å². The Hall–Kier alpha value is -0.840. The molecular weight excluding hydrogens is 344 g/mol. The molecule has 0 aliphatic carbocycles. The number of thiophene rings is 1. The van der Waals surface area contributed by atoms with Gasteiger partial charge in [0.25, 0.3) is 0 Å². The molecule has 21 heavy (non-hydrogen) atoms. The highest BCUT2D eigenvalue weighted by molar-refractivity contribution is 9.10. The van der Waals surface area contributed by atoms with E-state index in [2.05, 4.69) is 82.1 Å². The van der Waals surface area contributed by atoms with Crippen LogP contribution in [0, 0.1) is 0 Å². The molecule has 1 N–H and O–H groups in total. The molecule has 0 fully saturated rings. The predicted molar refractivity (Wildman–Crippen MR) is 97.3 cm³/mol. The van der Waals surface area contributed by atoms with Gasteiger partial charge in [-0.3, -0.25) is 0 Å². The smallest absolute Gasteiger partial charge is 0.0511 e. The van der Waals surface area contributed by atoms with Crippen molar-refractivity contribution in [3.63, 3.8) is 0 Å². The van der Waals surface area contributed by atoms with Crippen LogP contribution in [0.25, 0.3) is 0 Å². The van der Waals surface area contributed by atoms with Crippen molar-refractivity contribution in [2.24, 2.45) is 0 Å². The zero-order valence-corrected chi connectivity index (χ0v) is 15.3. The highest BCUT2D eigenvalue weighted by atomic mass is 79.9. The van der Waals surface area contributed by atoms with Crippen LogP contribution in [0.3, 0.4) is 0 Å². The fraction of sp³-hybridized carbons (Fsp3) is 0.412. The Morgan fingerprint density at radius 2 is 2.14 bits per heavy atom. The van der Waals surface area contributed by atoms with Crippen molar-refractivity contribution in [3.8, 4) is 0 Å². The van der Waals surface area contributed by atoms with Gasteiger partial charge in [-0.15, -0.1) is 0 Å². The van der Waals surface area contributed by atoms with Gasteiger partial charge >= 0.3 is 0 Å². The first-order valence-electron chi connectivity index (χ1n) is 7.37. The second-order valence-corrected chi connectivity index (χ2v) is 7.01. The number of hydrogen-bond donors (Lipinski definition) is 1. The summed E-state index contributed by atoms with van der Waals surface area (Å²) in [5.41, 5.74) is 3.91. The Bertz CT molecular complexity index is 554. The lowest BCUT2D eigenvalue weighted by molar-refractivity contribution is 0.570. The van der Waals surface area contributed by atoms with E-state index in [1.165, 1.54) is 16.8 Å². The zero-order chi connectivity index (χ0) is 15.2. The summed E-state index contributed by atoms with van der Waals surface area (Å²) in [4.78, 5) is 2.28. The summed E-state index contributed by atoms with van der Waals surface area (Å²) < 4.78 is 1.16. The SMILES string of the molecule is CCCNC(C)c1ccc(N(C)Cc2ccsc2)c(Br)c1. The van der Waals surface area contributed by atoms with Gasteiger partial charge in [0.2, 0.25) is 0 Å². The molecule has 1 aromatic heterocycles. The Labute approximate surface area is 140 Å². The maximum Gasteiger partial charge on any atom is 0.0511 e. The maximum absolute atomic E-state index is 3.72. The van der Waals surface area contributed by atoms with Gasteiger partial charge in [0.1, 0.15) is 0 Å². The predicted octanol–water partition coefficient (Wildman–Crippen LogP) is 5.21. The van der Waals surface area contributed by atoms with Gasteiger partial charge in [0, 0.05) is 24.1 Å². The lowest BCUT2D eigenvalue weighted by Crippen LogP contribution is -2.20. The van der Waals surface area contributed by atoms with Crippen LogP contribution >= 0.6 is 27.3 Å². The summed E-state index contributed by atoms with van der Waals surface area (Å²) >= 11 is 5.47. The summed E-state index contributed by atoms with van der Waals surface area (Å²) in [5, 5.41) is 7.86. The molecule has 2 rings (SSSR count). The Balaban J connectivity index is 2.07. The van der Waals surface area contributed by atoms with Gasteiger partial charge in [-0.2, -0.15) is 11.3 Å². The molecule has 1 aromatic carbocycles. The van der Waals surface area contributed by atoms with E-state index in [-0.39, 0.29) is 0 Å². The van der Waals surface area contributed by atoms with Crippen molar-refractivity contribution in [3.05, 3.63) is 50.6 Å². The quantitative estimate of drug-likeness (QED) is 0.723. The molecule has 2 aromatic rings. The highest BCUT2D eigenvalue weighted by Crippen LogP contribution is 2.29. The number of halogens is 1. The molecule has 0 saturated heterocycles. The van der Waals surface area contributed by atoms with Gasteiger partial charge in [-0.25, -0.2) is 0 Å². The van der Waals surface area contributed by atoms with Crippen LogP contribution in [0.5, 0.6) is 0 Å². The summed E-state index contributed by atoms with van der Waals surface area (Å²) in [6.07, 6.45) is 1.16.